The lowest BCUT2D eigenvalue weighted by atomic mass is 9.78. The Hall–Kier alpha value is -2.10. The summed E-state index contributed by atoms with van der Waals surface area (Å²) in [6.07, 6.45) is 10.3. The highest BCUT2D eigenvalue weighted by molar-refractivity contribution is 7.98. The Balaban J connectivity index is 2.63. The largest absolute Gasteiger partial charge is 0.429 e. The van der Waals surface area contributed by atoms with Crippen molar-refractivity contribution in [3.8, 4) is 0 Å². The Kier molecular flexibility index (Phi) is 14.6. The first-order chi connectivity index (χ1) is 16.7. The summed E-state index contributed by atoms with van der Waals surface area (Å²) in [4.78, 5) is 17.5. The van der Waals surface area contributed by atoms with Crippen molar-refractivity contribution < 1.29 is 33.3 Å². The van der Waals surface area contributed by atoms with Gasteiger partial charge in [0, 0.05) is 18.4 Å². The predicted octanol–water partition coefficient (Wildman–Crippen LogP) is 6.25. The van der Waals surface area contributed by atoms with Gasteiger partial charge in [-0.25, -0.2) is 0 Å². The fourth-order valence-electron chi connectivity index (χ4n) is 3.67. The molecule has 0 bridgehead atoms. The van der Waals surface area contributed by atoms with Crippen LogP contribution < -0.4 is 0 Å². The van der Waals surface area contributed by atoms with E-state index < -0.39 is 0 Å². The van der Waals surface area contributed by atoms with Gasteiger partial charge >= 0.3 is 5.97 Å². The molecule has 8 heteroatoms. The Morgan fingerprint density at radius 2 is 2.00 bits per heavy atom. The van der Waals surface area contributed by atoms with Gasteiger partial charge in [-0.3, -0.25) is 4.79 Å². The highest BCUT2D eigenvalue weighted by Gasteiger charge is 2.32. The molecule has 0 saturated carbocycles. The molecule has 7 nitrogen and oxygen atoms in total. The molecular formula is C27H40O7S. The quantitative estimate of drug-likeness (QED) is 0.0616. The molecule has 0 heterocycles. The summed E-state index contributed by atoms with van der Waals surface area (Å²) >= 11 is 0.869. The minimum absolute atomic E-state index is 0.168. The van der Waals surface area contributed by atoms with Crippen molar-refractivity contribution >= 4 is 18.0 Å². The van der Waals surface area contributed by atoms with Crippen LogP contribution in [-0.4, -0.2) is 43.6 Å². The Morgan fingerprint density at radius 1 is 1.26 bits per heavy atom. The van der Waals surface area contributed by atoms with Crippen LogP contribution in [0.15, 0.2) is 71.1 Å². The average molecular weight is 509 g/mol. The molecule has 1 aliphatic rings. The Morgan fingerprint density at radius 3 is 2.63 bits per heavy atom. The van der Waals surface area contributed by atoms with E-state index in [1.807, 2.05) is 13.0 Å². The molecule has 0 aliphatic heterocycles. The van der Waals surface area contributed by atoms with Crippen molar-refractivity contribution in [1.82, 2.24) is 0 Å². The van der Waals surface area contributed by atoms with Crippen LogP contribution in [0.3, 0.4) is 0 Å². The zero-order valence-corrected chi connectivity index (χ0v) is 22.3. The summed E-state index contributed by atoms with van der Waals surface area (Å²) in [5.74, 6) is 0.379. The molecule has 0 radical (unpaired) electrons. The number of carbonyl (C=O) groups is 1. The number of aliphatic hydroxyl groups is 1. The van der Waals surface area contributed by atoms with E-state index >= 15 is 0 Å². The van der Waals surface area contributed by atoms with Crippen LogP contribution in [0.5, 0.6) is 0 Å². The average Bonchev–Trinajstić information content (AvgIpc) is 2.82. The molecule has 196 valence electrons. The third kappa shape index (κ3) is 11.9. The maximum Gasteiger partial charge on any atom is 0.313 e. The van der Waals surface area contributed by atoms with E-state index in [9.17, 15) is 4.79 Å². The second kappa shape index (κ2) is 16.5. The molecule has 0 amide bonds. The van der Waals surface area contributed by atoms with E-state index in [-0.39, 0.29) is 31.2 Å². The molecule has 0 fully saturated rings. The standard InChI is InChI=1S/C27H40O7S/c1-8-23(12-10-11-20(3)33-34-35-22(5)18-28)25-13-15-27(6,17-24(25)9-2)31-16-14-26(29)32-21(4)19-30-7/h8,10,12,28H,3-5,9,11,13-19H2,1-2,6-7H3/b12-10-,23-8+. The molecule has 1 unspecified atom stereocenters. The minimum atomic E-state index is -0.368. The van der Waals surface area contributed by atoms with E-state index in [4.69, 9.17) is 28.5 Å². The SMILES string of the molecule is C=C(C/C=C\C(=C/C)C1=C(CC)CC(C)(OCCC(=O)OC(=C)COC)CC1)OOSC(=C)CO. The first-order valence-electron chi connectivity index (χ1n) is 11.7. The lowest BCUT2D eigenvalue weighted by Gasteiger charge is -2.36. The number of esters is 1. The van der Waals surface area contributed by atoms with Gasteiger partial charge in [-0.05, 0) is 50.7 Å². The molecule has 0 aromatic heterocycles. The monoisotopic (exact) mass is 508 g/mol. The van der Waals surface area contributed by atoms with Crippen molar-refractivity contribution in [2.45, 2.75) is 64.9 Å². The van der Waals surface area contributed by atoms with Crippen molar-refractivity contribution in [1.29, 1.82) is 0 Å². The maximum absolute atomic E-state index is 11.9. The molecule has 0 aromatic carbocycles. The van der Waals surface area contributed by atoms with E-state index in [0.29, 0.717) is 29.5 Å². The molecule has 1 aliphatic carbocycles. The van der Waals surface area contributed by atoms with Crippen molar-refractivity contribution in [3.63, 3.8) is 0 Å². The normalized spacial score (nSPS) is 18.6. The number of rotatable bonds is 17. The lowest BCUT2D eigenvalue weighted by molar-refractivity contribution is -0.148. The summed E-state index contributed by atoms with van der Waals surface area (Å²) in [6.45, 7) is 17.7. The molecule has 35 heavy (non-hydrogen) atoms. The van der Waals surface area contributed by atoms with E-state index in [1.54, 1.807) is 0 Å². The minimum Gasteiger partial charge on any atom is -0.429 e. The van der Waals surface area contributed by atoms with Gasteiger partial charge in [-0.2, -0.15) is 0 Å². The Bertz CT molecular complexity index is 840. The number of ether oxygens (including phenoxy) is 3. The molecule has 1 N–H and O–H groups in total. The number of carbonyl (C=O) groups excluding carboxylic acids is 1. The zero-order chi connectivity index (χ0) is 26.3. The van der Waals surface area contributed by atoms with E-state index in [2.05, 4.69) is 45.7 Å². The summed E-state index contributed by atoms with van der Waals surface area (Å²) in [5.41, 5.74) is 3.53. The van der Waals surface area contributed by atoms with Crippen LogP contribution in [0, 0.1) is 0 Å². The van der Waals surface area contributed by atoms with Crippen LogP contribution in [0.25, 0.3) is 0 Å². The first-order valence-corrected chi connectivity index (χ1v) is 12.4. The van der Waals surface area contributed by atoms with Gasteiger partial charge in [-0.1, -0.05) is 50.5 Å². The van der Waals surface area contributed by atoms with E-state index in [1.165, 1.54) is 23.8 Å². The van der Waals surface area contributed by atoms with Gasteiger partial charge in [-0.15, -0.1) is 4.33 Å². The number of allylic oxidation sites excluding steroid dienone is 5. The molecule has 0 spiro atoms. The zero-order valence-electron chi connectivity index (χ0n) is 21.5. The third-order valence-electron chi connectivity index (χ3n) is 5.45. The topological polar surface area (TPSA) is 83.5 Å². The summed E-state index contributed by atoms with van der Waals surface area (Å²) in [7, 11) is 1.52. The Labute approximate surface area is 214 Å². The van der Waals surface area contributed by atoms with Gasteiger partial charge in [0.05, 0.1) is 37.3 Å². The summed E-state index contributed by atoms with van der Waals surface area (Å²) in [5, 5.41) is 8.90. The second-order valence-corrected chi connectivity index (χ2v) is 9.31. The van der Waals surface area contributed by atoms with Crippen LogP contribution in [0.1, 0.15) is 59.3 Å². The first kappa shape index (κ1) is 30.9. The van der Waals surface area contributed by atoms with Gasteiger partial charge in [0.2, 0.25) is 0 Å². The van der Waals surface area contributed by atoms with Crippen molar-refractivity contribution in [2.24, 2.45) is 0 Å². The molecule has 1 atom stereocenters. The van der Waals surface area contributed by atoms with Gasteiger partial charge < -0.3 is 24.2 Å². The smallest absolute Gasteiger partial charge is 0.313 e. The number of methoxy groups -OCH3 is 1. The molecule has 0 aromatic rings. The second-order valence-electron chi connectivity index (χ2n) is 8.43. The third-order valence-corrected chi connectivity index (χ3v) is 5.95. The predicted molar refractivity (Wildman–Crippen MR) is 140 cm³/mol. The number of hydrogen-bond donors (Lipinski definition) is 1. The summed E-state index contributed by atoms with van der Waals surface area (Å²) < 4.78 is 21.1. The maximum atomic E-state index is 11.9. The van der Waals surface area contributed by atoms with Gasteiger partial charge in [0.1, 0.15) is 18.1 Å². The fraction of sp³-hybridized carbons (Fsp3) is 0.519. The van der Waals surface area contributed by atoms with Crippen molar-refractivity contribution in [3.05, 3.63) is 71.1 Å². The van der Waals surface area contributed by atoms with Crippen LogP contribution in [0.4, 0.5) is 0 Å². The molecule has 0 saturated heterocycles. The number of hydrogen-bond acceptors (Lipinski definition) is 8. The van der Waals surface area contributed by atoms with Crippen LogP contribution in [0.2, 0.25) is 0 Å². The summed E-state index contributed by atoms with van der Waals surface area (Å²) in [6, 6.07) is 0. The molecule has 1 rings (SSSR count). The molecular weight excluding hydrogens is 468 g/mol. The van der Waals surface area contributed by atoms with E-state index in [0.717, 1.165) is 37.7 Å². The van der Waals surface area contributed by atoms with Gasteiger partial charge in [0.15, 0.2) is 0 Å². The van der Waals surface area contributed by atoms with Crippen molar-refractivity contribution in [2.75, 3.05) is 26.9 Å². The highest BCUT2D eigenvalue weighted by Crippen LogP contribution is 2.39. The van der Waals surface area contributed by atoms with Crippen LogP contribution >= 0.6 is 12.0 Å². The van der Waals surface area contributed by atoms with Crippen LogP contribution in [-0.2, 0) is 28.2 Å². The number of aliphatic hydroxyl groups excluding tert-OH is 1. The fourth-order valence-corrected chi connectivity index (χ4v) is 3.95. The van der Waals surface area contributed by atoms with Gasteiger partial charge in [0.25, 0.3) is 0 Å². The lowest BCUT2D eigenvalue weighted by Crippen LogP contribution is -2.33. The highest BCUT2D eigenvalue weighted by atomic mass is 32.2.